The summed E-state index contributed by atoms with van der Waals surface area (Å²) in [6.07, 6.45) is 0.758. The second-order valence-corrected chi connectivity index (χ2v) is 5.35. The Balaban J connectivity index is 2.22. The van der Waals surface area contributed by atoms with Gasteiger partial charge in [-0.1, -0.05) is 20.3 Å². The van der Waals surface area contributed by atoms with Crippen LogP contribution in [-0.4, -0.2) is 17.9 Å². The molecule has 0 saturated carbocycles. The van der Waals surface area contributed by atoms with E-state index in [4.69, 9.17) is 10.2 Å². The van der Waals surface area contributed by atoms with Crippen molar-refractivity contribution in [2.75, 3.05) is 0 Å². The molecular weight excluding hydrogens is 268 g/mol. The summed E-state index contributed by atoms with van der Waals surface area (Å²) in [5.41, 5.74) is 6.58. The van der Waals surface area contributed by atoms with Gasteiger partial charge in [0, 0.05) is 10.9 Å². The van der Waals surface area contributed by atoms with Gasteiger partial charge in [-0.3, -0.25) is 9.59 Å². The number of nitrogens with one attached hydrogen (secondary N) is 1. The van der Waals surface area contributed by atoms with Crippen molar-refractivity contribution >= 4 is 22.8 Å². The smallest absolute Gasteiger partial charge is 0.251 e. The average molecular weight is 288 g/mol. The van der Waals surface area contributed by atoms with Crippen molar-refractivity contribution < 1.29 is 14.0 Å². The summed E-state index contributed by atoms with van der Waals surface area (Å²) in [6.45, 7) is 5.69. The maximum atomic E-state index is 12.3. The first kappa shape index (κ1) is 15.1. The third-order valence-corrected chi connectivity index (χ3v) is 3.71. The van der Waals surface area contributed by atoms with E-state index in [0.29, 0.717) is 5.56 Å². The van der Waals surface area contributed by atoms with E-state index in [-0.39, 0.29) is 11.8 Å². The number of hydrogen-bond acceptors (Lipinski definition) is 3. The number of carbonyl (C=O) groups excluding carboxylic acids is 2. The number of rotatable bonds is 5. The van der Waals surface area contributed by atoms with Crippen LogP contribution in [0.1, 0.15) is 36.4 Å². The first-order valence-corrected chi connectivity index (χ1v) is 7.02. The zero-order chi connectivity index (χ0) is 15.6. The van der Waals surface area contributed by atoms with Gasteiger partial charge in [-0.05, 0) is 37.1 Å². The summed E-state index contributed by atoms with van der Waals surface area (Å²) in [7, 11) is 0. The Morgan fingerprint density at radius 1 is 1.33 bits per heavy atom. The van der Waals surface area contributed by atoms with Crippen LogP contribution >= 0.6 is 0 Å². The van der Waals surface area contributed by atoms with E-state index in [2.05, 4.69) is 5.32 Å². The topological polar surface area (TPSA) is 85.3 Å². The van der Waals surface area contributed by atoms with Crippen molar-refractivity contribution in [1.29, 1.82) is 0 Å². The predicted octanol–water partition coefficient (Wildman–Crippen LogP) is 2.37. The van der Waals surface area contributed by atoms with Crippen molar-refractivity contribution in [3.8, 4) is 0 Å². The van der Waals surface area contributed by atoms with Gasteiger partial charge < -0.3 is 15.5 Å². The molecule has 2 amide bonds. The average Bonchev–Trinajstić information content (AvgIpc) is 2.82. The van der Waals surface area contributed by atoms with E-state index in [9.17, 15) is 9.59 Å². The molecule has 0 aliphatic carbocycles. The molecule has 0 radical (unpaired) electrons. The van der Waals surface area contributed by atoms with Gasteiger partial charge in [-0.2, -0.15) is 0 Å². The molecule has 0 bridgehead atoms. The van der Waals surface area contributed by atoms with Crippen molar-refractivity contribution in [2.24, 2.45) is 11.7 Å². The Morgan fingerprint density at radius 3 is 2.67 bits per heavy atom. The van der Waals surface area contributed by atoms with Gasteiger partial charge >= 0.3 is 0 Å². The first-order valence-electron chi connectivity index (χ1n) is 7.02. The van der Waals surface area contributed by atoms with Crippen LogP contribution in [0.25, 0.3) is 11.0 Å². The number of furan rings is 1. The van der Waals surface area contributed by atoms with E-state index in [1.54, 1.807) is 18.2 Å². The molecule has 0 aliphatic rings. The number of amides is 2. The Labute approximate surface area is 123 Å². The molecule has 2 aromatic rings. The largest absolute Gasteiger partial charge is 0.461 e. The highest BCUT2D eigenvalue weighted by Crippen LogP contribution is 2.20. The minimum absolute atomic E-state index is 0.00801. The highest BCUT2D eigenvalue weighted by Gasteiger charge is 2.24. The lowest BCUT2D eigenvalue weighted by atomic mass is 9.98. The SMILES string of the molecule is CC[C@H](C)[C@H](NC(=O)c1ccc2oc(C)cc2c1)C(N)=O. The van der Waals surface area contributed by atoms with E-state index in [1.165, 1.54) is 0 Å². The molecule has 5 nitrogen and oxygen atoms in total. The fourth-order valence-corrected chi connectivity index (χ4v) is 2.27. The molecule has 3 N–H and O–H groups in total. The van der Waals surface area contributed by atoms with Gasteiger partial charge in [-0.15, -0.1) is 0 Å². The van der Waals surface area contributed by atoms with Gasteiger partial charge in [0.2, 0.25) is 5.91 Å². The Hall–Kier alpha value is -2.30. The summed E-state index contributed by atoms with van der Waals surface area (Å²) >= 11 is 0. The number of nitrogens with two attached hydrogens (primary N) is 1. The number of benzene rings is 1. The molecule has 1 heterocycles. The van der Waals surface area contributed by atoms with Crippen LogP contribution in [0.2, 0.25) is 0 Å². The Kier molecular flexibility index (Phi) is 4.31. The van der Waals surface area contributed by atoms with E-state index in [0.717, 1.165) is 23.2 Å². The molecule has 2 atom stereocenters. The van der Waals surface area contributed by atoms with Gasteiger partial charge in [0.1, 0.15) is 17.4 Å². The second kappa shape index (κ2) is 5.99. The first-order chi connectivity index (χ1) is 9.92. The Bertz CT molecular complexity index is 675. The molecule has 5 heteroatoms. The maximum Gasteiger partial charge on any atom is 0.251 e. The van der Waals surface area contributed by atoms with Gasteiger partial charge in [0.15, 0.2) is 0 Å². The van der Waals surface area contributed by atoms with Crippen molar-refractivity contribution in [1.82, 2.24) is 5.32 Å². The number of primary amides is 1. The second-order valence-electron chi connectivity index (χ2n) is 5.35. The van der Waals surface area contributed by atoms with E-state index < -0.39 is 11.9 Å². The zero-order valence-corrected chi connectivity index (χ0v) is 12.5. The molecule has 0 fully saturated rings. The third kappa shape index (κ3) is 3.24. The zero-order valence-electron chi connectivity index (χ0n) is 12.5. The summed E-state index contributed by atoms with van der Waals surface area (Å²) in [5.74, 6) is -0.0405. The van der Waals surface area contributed by atoms with Crippen LogP contribution in [-0.2, 0) is 4.79 Å². The molecule has 21 heavy (non-hydrogen) atoms. The predicted molar refractivity (Wildman–Crippen MR) is 80.9 cm³/mol. The molecule has 1 aromatic heterocycles. The van der Waals surface area contributed by atoms with Gasteiger partial charge in [0.05, 0.1) is 0 Å². The van der Waals surface area contributed by atoms with Crippen molar-refractivity contribution in [3.63, 3.8) is 0 Å². The van der Waals surface area contributed by atoms with Crippen molar-refractivity contribution in [2.45, 2.75) is 33.2 Å². The highest BCUT2D eigenvalue weighted by molar-refractivity contribution is 6.00. The molecule has 1 aromatic carbocycles. The fourth-order valence-electron chi connectivity index (χ4n) is 2.27. The minimum atomic E-state index is -0.663. The van der Waals surface area contributed by atoms with Gasteiger partial charge in [-0.25, -0.2) is 0 Å². The van der Waals surface area contributed by atoms with Crippen LogP contribution in [0, 0.1) is 12.8 Å². The molecule has 0 unspecified atom stereocenters. The van der Waals surface area contributed by atoms with Crippen molar-refractivity contribution in [3.05, 3.63) is 35.6 Å². The molecule has 0 spiro atoms. The quantitative estimate of drug-likeness (QED) is 0.885. The summed E-state index contributed by atoms with van der Waals surface area (Å²) in [5, 5.41) is 3.57. The fraction of sp³-hybridized carbons (Fsp3) is 0.375. The summed E-state index contributed by atoms with van der Waals surface area (Å²) in [6, 6.07) is 6.38. The lowest BCUT2D eigenvalue weighted by Crippen LogP contribution is -2.48. The van der Waals surface area contributed by atoms with E-state index in [1.807, 2.05) is 26.8 Å². The molecule has 0 aliphatic heterocycles. The third-order valence-electron chi connectivity index (χ3n) is 3.71. The van der Waals surface area contributed by atoms with E-state index >= 15 is 0 Å². The monoisotopic (exact) mass is 288 g/mol. The van der Waals surface area contributed by atoms with Crippen LogP contribution in [0.15, 0.2) is 28.7 Å². The molecule has 0 saturated heterocycles. The van der Waals surface area contributed by atoms with Gasteiger partial charge in [0.25, 0.3) is 5.91 Å². The minimum Gasteiger partial charge on any atom is -0.461 e. The number of carbonyl (C=O) groups is 2. The lowest BCUT2D eigenvalue weighted by Gasteiger charge is -2.21. The van der Waals surface area contributed by atoms with Crippen LogP contribution < -0.4 is 11.1 Å². The molecule has 2 rings (SSSR count). The highest BCUT2D eigenvalue weighted by atomic mass is 16.3. The van der Waals surface area contributed by atoms with Crippen LogP contribution in [0.5, 0.6) is 0 Å². The number of aryl methyl sites for hydroxylation is 1. The maximum absolute atomic E-state index is 12.3. The standard InChI is InChI=1S/C16H20N2O3/c1-4-9(2)14(15(17)19)18-16(20)11-5-6-13-12(8-11)7-10(3)21-13/h5-9,14H,4H2,1-3H3,(H2,17,19)(H,18,20)/t9-,14-/m0/s1. The molecule has 112 valence electrons. The summed E-state index contributed by atoms with van der Waals surface area (Å²) < 4.78 is 5.47. The normalized spacial score (nSPS) is 13.9. The van der Waals surface area contributed by atoms with Crippen LogP contribution in [0.3, 0.4) is 0 Å². The Morgan fingerprint density at radius 2 is 2.05 bits per heavy atom. The lowest BCUT2D eigenvalue weighted by molar-refractivity contribution is -0.120. The number of hydrogen-bond donors (Lipinski definition) is 2. The van der Waals surface area contributed by atoms with Crippen LogP contribution in [0.4, 0.5) is 0 Å². The number of fused-ring (bicyclic) bond motifs is 1. The molecular formula is C16H20N2O3. The summed E-state index contributed by atoms with van der Waals surface area (Å²) in [4.78, 5) is 23.8.